The van der Waals surface area contributed by atoms with E-state index in [1.54, 1.807) is 12.1 Å². The normalized spacial score (nSPS) is 16.0. The van der Waals surface area contributed by atoms with Crippen molar-refractivity contribution in [3.8, 4) is 0 Å². The van der Waals surface area contributed by atoms with Gasteiger partial charge in [-0.3, -0.25) is 0 Å². The Morgan fingerprint density at radius 1 is 1.35 bits per heavy atom. The highest BCUT2D eigenvalue weighted by molar-refractivity contribution is 14.0. The van der Waals surface area contributed by atoms with Crippen molar-refractivity contribution < 1.29 is 8.42 Å². The molecule has 23 heavy (non-hydrogen) atoms. The van der Waals surface area contributed by atoms with Crippen LogP contribution in [0, 0.1) is 0 Å². The molecule has 0 radical (unpaired) electrons. The Kier molecular flexibility index (Phi) is 8.27. The van der Waals surface area contributed by atoms with E-state index in [1.165, 1.54) is 31.7 Å². The van der Waals surface area contributed by atoms with Gasteiger partial charge in [0.15, 0.2) is 5.96 Å². The number of nitrogens with two attached hydrogens (primary N) is 1. The van der Waals surface area contributed by atoms with Gasteiger partial charge in [0.05, 0.1) is 11.4 Å². The number of nitrogens with one attached hydrogen (secondary N) is 2. The number of aliphatic imine (C=N–C) groups is 1. The minimum Gasteiger partial charge on any atom is -0.357 e. The summed E-state index contributed by atoms with van der Waals surface area (Å²) in [5.41, 5.74) is 0.815. The zero-order chi connectivity index (χ0) is 16.0. The molecule has 0 amide bonds. The molecular formula is C15H25IN4O2S. The lowest BCUT2D eigenvalue weighted by Crippen LogP contribution is -2.42. The molecule has 0 aliphatic heterocycles. The zero-order valence-electron chi connectivity index (χ0n) is 13.3. The Morgan fingerprint density at radius 2 is 2.04 bits per heavy atom. The highest BCUT2D eigenvalue weighted by atomic mass is 127. The summed E-state index contributed by atoms with van der Waals surface area (Å²) in [5, 5.41) is 11.8. The number of hydrogen-bond acceptors (Lipinski definition) is 3. The Balaban J connectivity index is 0.00000264. The van der Waals surface area contributed by atoms with Crippen LogP contribution in [0.15, 0.2) is 34.2 Å². The number of hydrogen-bond donors (Lipinski definition) is 3. The summed E-state index contributed by atoms with van der Waals surface area (Å²) in [6, 6.07) is 7.07. The maximum atomic E-state index is 11.4. The van der Waals surface area contributed by atoms with E-state index in [0.29, 0.717) is 12.6 Å². The quantitative estimate of drug-likeness (QED) is 0.362. The van der Waals surface area contributed by atoms with Gasteiger partial charge in [0, 0.05) is 12.6 Å². The van der Waals surface area contributed by atoms with Crippen molar-refractivity contribution >= 4 is 40.0 Å². The molecule has 130 valence electrons. The molecule has 0 atom stereocenters. The summed E-state index contributed by atoms with van der Waals surface area (Å²) < 4.78 is 22.7. The fourth-order valence-electron chi connectivity index (χ4n) is 2.57. The molecule has 1 aliphatic carbocycles. The number of nitrogens with zero attached hydrogens (tertiary/aromatic N) is 1. The second kappa shape index (κ2) is 9.43. The van der Waals surface area contributed by atoms with E-state index in [1.807, 2.05) is 13.0 Å². The molecular weight excluding hydrogens is 427 g/mol. The molecule has 0 spiro atoms. The Hall–Kier alpha value is -0.870. The molecule has 1 saturated carbocycles. The van der Waals surface area contributed by atoms with Gasteiger partial charge in [-0.2, -0.15) is 0 Å². The van der Waals surface area contributed by atoms with Crippen molar-refractivity contribution in [2.45, 2.75) is 50.1 Å². The SMILES string of the molecule is CCNC(=NCc1cccc(S(N)(=O)=O)c1)NC1CCCC1.I. The monoisotopic (exact) mass is 452 g/mol. The Morgan fingerprint density at radius 3 is 2.65 bits per heavy atom. The van der Waals surface area contributed by atoms with E-state index in [9.17, 15) is 8.42 Å². The van der Waals surface area contributed by atoms with Crippen LogP contribution in [0.5, 0.6) is 0 Å². The summed E-state index contributed by atoms with van der Waals surface area (Å²) in [4.78, 5) is 4.65. The van der Waals surface area contributed by atoms with Crippen molar-refractivity contribution in [1.82, 2.24) is 10.6 Å². The average Bonchev–Trinajstić information content (AvgIpc) is 2.97. The smallest absolute Gasteiger partial charge is 0.238 e. The number of halogens is 1. The van der Waals surface area contributed by atoms with Crippen LogP contribution in [0.4, 0.5) is 0 Å². The first-order chi connectivity index (χ1) is 10.5. The maximum absolute atomic E-state index is 11.4. The predicted molar refractivity (Wildman–Crippen MR) is 103 cm³/mol. The van der Waals surface area contributed by atoms with Crippen molar-refractivity contribution in [3.05, 3.63) is 29.8 Å². The summed E-state index contributed by atoms with van der Waals surface area (Å²) in [6.07, 6.45) is 4.86. The van der Waals surface area contributed by atoms with E-state index in [4.69, 9.17) is 5.14 Å². The third-order valence-electron chi connectivity index (χ3n) is 3.69. The first-order valence-corrected chi connectivity index (χ1v) is 9.20. The molecule has 1 aliphatic rings. The van der Waals surface area contributed by atoms with Gasteiger partial charge in [0.25, 0.3) is 0 Å². The molecule has 4 N–H and O–H groups in total. The summed E-state index contributed by atoms with van der Waals surface area (Å²) >= 11 is 0. The van der Waals surface area contributed by atoms with Gasteiger partial charge in [-0.25, -0.2) is 18.5 Å². The summed E-state index contributed by atoms with van der Waals surface area (Å²) in [6.45, 7) is 3.22. The van der Waals surface area contributed by atoms with Crippen LogP contribution in [-0.2, 0) is 16.6 Å². The van der Waals surface area contributed by atoms with Gasteiger partial charge in [-0.15, -0.1) is 24.0 Å². The topological polar surface area (TPSA) is 96.6 Å². The highest BCUT2D eigenvalue weighted by Gasteiger charge is 2.15. The molecule has 0 heterocycles. The van der Waals surface area contributed by atoms with Crippen LogP contribution in [0.2, 0.25) is 0 Å². The van der Waals surface area contributed by atoms with Crippen molar-refractivity contribution in [2.24, 2.45) is 10.1 Å². The summed E-state index contributed by atoms with van der Waals surface area (Å²) in [7, 11) is -3.67. The molecule has 1 aromatic carbocycles. The molecule has 6 nitrogen and oxygen atoms in total. The van der Waals surface area contributed by atoms with E-state index < -0.39 is 10.0 Å². The van der Waals surface area contributed by atoms with Crippen LogP contribution >= 0.6 is 24.0 Å². The van der Waals surface area contributed by atoms with Gasteiger partial charge in [0.2, 0.25) is 10.0 Å². The van der Waals surface area contributed by atoms with E-state index in [2.05, 4.69) is 15.6 Å². The van der Waals surface area contributed by atoms with Crippen LogP contribution < -0.4 is 15.8 Å². The number of guanidine groups is 1. The van der Waals surface area contributed by atoms with Gasteiger partial charge in [0.1, 0.15) is 0 Å². The molecule has 0 saturated heterocycles. The number of benzene rings is 1. The fourth-order valence-corrected chi connectivity index (χ4v) is 3.16. The van der Waals surface area contributed by atoms with Crippen LogP contribution in [0.3, 0.4) is 0 Å². The largest absolute Gasteiger partial charge is 0.357 e. The second-order valence-electron chi connectivity index (χ2n) is 5.51. The Labute approximate surface area is 155 Å². The molecule has 2 rings (SSSR count). The summed E-state index contributed by atoms with van der Waals surface area (Å²) in [5.74, 6) is 0.774. The molecule has 0 bridgehead atoms. The third kappa shape index (κ3) is 6.64. The number of primary sulfonamides is 1. The van der Waals surface area contributed by atoms with Gasteiger partial charge >= 0.3 is 0 Å². The van der Waals surface area contributed by atoms with Crippen LogP contribution in [0.1, 0.15) is 38.2 Å². The molecule has 8 heteroatoms. The first kappa shape index (κ1) is 20.2. The van der Waals surface area contributed by atoms with E-state index in [0.717, 1.165) is 18.1 Å². The van der Waals surface area contributed by atoms with Gasteiger partial charge in [-0.05, 0) is 37.5 Å². The number of sulfonamides is 1. The second-order valence-corrected chi connectivity index (χ2v) is 7.07. The molecule has 1 fully saturated rings. The van der Waals surface area contributed by atoms with Crippen molar-refractivity contribution in [2.75, 3.05) is 6.54 Å². The first-order valence-electron chi connectivity index (χ1n) is 7.65. The standard InChI is InChI=1S/C15H24N4O2S.HI/c1-2-17-15(19-13-7-3-4-8-13)18-11-12-6-5-9-14(10-12)22(16,20)21;/h5-6,9-10,13H,2-4,7-8,11H2,1H3,(H2,16,20,21)(H2,17,18,19);1H. The van der Waals surface area contributed by atoms with Crippen LogP contribution in [-0.4, -0.2) is 27.0 Å². The minimum atomic E-state index is -3.67. The molecule has 0 unspecified atom stereocenters. The van der Waals surface area contributed by atoms with E-state index >= 15 is 0 Å². The van der Waals surface area contributed by atoms with Crippen molar-refractivity contribution in [3.63, 3.8) is 0 Å². The third-order valence-corrected chi connectivity index (χ3v) is 4.60. The lowest BCUT2D eigenvalue weighted by Gasteiger charge is -2.16. The minimum absolute atomic E-state index is 0. The number of rotatable bonds is 5. The highest BCUT2D eigenvalue weighted by Crippen LogP contribution is 2.17. The molecule has 0 aromatic heterocycles. The predicted octanol–water partition coefficient (Wildman–Crippen LogP) is 1.95. The van der Waals surface area contributed by atoms with Crippen LogP contribution in [0.25, 0.3) is 0 Å². The maximum Gasteiger partial charge on any atom is 0.238 e. The van der Waals surface area contributed by atoms with E-state index in [-0.39, 0.29) is 28.9 Å². The molecule has 1 aromatic rings. The van der Waals surface area contributed by atoms with Crippen molar-refractivity contribution in [1.29, 1.82) is 0 Å². The average molecular weight is 452 g/mol. The zero-order valence-corrected chi connectivity index (χ0v) is 16.4. The lowest BCUT2D eigenvalue weighted by molar-refractivity contribution is 0.597. The van der Waals surface area contributed by atoms with Gasteiger partial charge < -0.3 is 10.6 Å². The fraction of sp³-hybridized carbons (Fsp3) is 0.533. The van der Waals surface area contributed by atoms with Gasteiger partial charge in [-0.1, -0.05) is 25.0 Å². The Bertz CT molecular complexity index is 628. The lowest BCUT2D eigenvalue weighted by atomic mass is 10.2.